The van der Waals surface area contributed by atoms with Crippen molar-refractivity contribution in [3.8, 4) is 0 Å². The Bertz CT molecular complexity index is 2840. The van der Waals surface area contributed by atoms with Gasteiger partial charge in [0.1, 0.15) is 28.0 Å². The zero-order valence-corrected chi connectivity index (χ0v) is 68.0. The smallest absolute Gasteiger partial charge is 0.312 e. The molecule has 17 rings (SSSR count). The summed E-state index contributed by atoms with van der Waals surface area (Å²) in [5.74, 6) is 16.9. The minimum absolute atomic E-state index is 0.00870. The van der Waals surface area contributed by atoms with Crippen LogP contribution < -0.4 is 0 Å². The summed E-state index contributed by atoms with van der Waals surface area (Å²) < 4.78 is 31.2. The number of hydrogen-bond acceptors (Lipinski definition) is 10. The maximum atomic E-state index is 12.8. The zero-order valence-electron chi connectivity index (χ0n) is 68.0. The number of rotatable bonds is 20. The van der Waals surface area contributed by atoms with Gasteiger partial charge in [-0.15, -0.1) is 0 Å². The third kappa shape index (κ3) is 14.0. The van der Waals surface area contributed by atoms with Crippen LogP contribution in [0.4, 0.5) is 0 Å². The van der Waals surface area contributed by atoms with E-state index in [1.54, 1.807) is 0 Å². The third-order valence-electron chi connectivity index (χ3n) is 34.2. The van der Waals surface area contributed by atoms with Gasteiger partial charge in [-0.1, -0.05) is 82.6 Å². The largest absolute Gasteiger partial charge is 0.458 e. The van der Waals surface area contributed by atoms with E-state index in [1.807, 2.05) is 69.2 Å². The Labute approximate surface area is 611 Å². The molecule has 10 heteroatoms. The molecule has 100 heavy (non-hydrogen) atoms. The lowest BCUT2D eigenvalue weighted by Gasteiger charge is -2.62. The normalized spacial score (nSPS) is 42.7. The molecule has 17 saturated carbocycles. The Morgan fingerprint density at radius 3 is 1.12 bits per heavy atom. The first-order valence-corrected chi connectivity index (χ1v) is 43.2. The van der Waals surface area contributed by atoms with Crippen LogP contribution in [0.25, 0.3) is 0 Å². The maximum absolute atomic E-state index is 12.8. The molecule has 0 spiro atoms. The molecule has 0 aromatic carbocycles. The van der Waals surface area contributed by atoms with E-state index in [4.69, 9.17) is 23.7 Å². The molecule has 0 aliphatic heterocycles. The zero-order chi connectivity index (χ0) is 72.9. The molecule has 0 N–H and O–H groups in total. The van der Waals surface area contributed by atoms with Crippen LogP contribution in [0.15, 0.2) is 0 Å². The summed E-state index contributed by atoms with van der Waals surface area (Å²) in [5, 5.41) is 0. The molecule has 16 bridgehead atoms. The molecule has 0 aromatic rings. The molecule has 570 valence electrons. The van der Waals surface area contributed by atoms with Crippen molar-refractivity contribution in [2.24, 2.45) is 151 Å². The van der Waals surface area contributed by atoms with Crippen LogP contribution in [0, 0.1) is 151 Å². The van der Waals surface area contributed by atoms with E-state index in [2.05, 4.69) is 76.2 Å². The van der Waals surface area contributed by atoms with Crippen molar-refractivity contribution < 1.29 is 47.7 Å². The lowest BCUT2D eigenvalue weighted by molar-refractivity contribution is -0.231. The van der Waals surface area contributed by atoms with Crippen molar-refractivity contribution in [1.82, 2.24) is 0 Å². The summed E-state index contributed by atoms with van der Waals surface area (Å²) in [5.41, 5.74) is -2.35. The van der Waals surface area contributed by atoms with Gasteiger partial charge in [-0.05, 0) is 387 Å². The number of hydrogen-bond donors (Lipinski definition) is 0. The van der Waals surface area contributed by atoms with Crippen LogP contribution in [0.1, 0.15) is 357 Å². The van der Waals surface area contributed by atoms with E-state index in [0.29, 0.717) is 47.3 Å². The highest BCUT2D eigenvalue weighted by atomic mass is 16.6. The van der Waals surface area contributed by atoms with Gasteiger partial charge >= 0.3 is 29.8 Å². The molecule has 17 aliphatic rings. The fourth-order valence-electron chi connectivity index (χ4n) is 26.4. The Balaban J connectivity index is 0.000000126. The van der Waals surface area contributed by atoms with Gasteiger partial charge in [0.2, 0.25) is 0 Å². The van der Waals surface area contributed by atoms with Crippen LogP contribution in [0.5, 0.6) is 0 Å². The lowest BCUT2D eigenvalue weighted by atomic mass is 9.47. The van der Waals surface area contributed by atoms with Crippen LogP contribution in [-0.2, 0) is 47.7 Å². The van der Waals surface area contributed by atoms with Crippen molar-refractivity contribution in [2.75, 3.05) is 0 Å². The molecule has 17 fully saturated rings. The van der Waals surface area contributed by atoms with Crippen molar-refractivity contribution in [3.63, 3.8) is 0 Å². The fourth-order valence-corrected chi connectivity index (χ4v) is 26.4. The second-order valence-electron chi connectivity index (χ2n) is 41.3. The van der Waals surface area contributed by atoms with Gasteiger partial charge in [0.05, 0.1) is 27.1 Å². The summed E-state index contributed by atoms with van der Waals surface area (Å²) >= 11 is 0. The molecule has 0 aromatic heterocycles. The predicted octanol–water partition coefficient (Wildman–Crippen LogP) is 22.7. The van der Waals surface area contributed by atoms with Crippen molar-refractivity contribution in [3.05, 3.63) is 0 Å². The van der Waals surface area contributed by atoms with E-state index in [9.17, 15) is 24.0 Å². The third-order valence-corrected chi connectivity index (χ3v) is 34.2. The van der Waals surface area contributed by atoms with Gasteiger partial charge in [0.25, 0.3) is 0 Å². The topological polar surface area (TPSA) is 132 Å². The average molecular weight is 1390 g/mol. The first kappa shape index (κ1) is 78.4. The van der Waals surface area contributed by atoms with E-state index in [0.717, 1.165) is 154 Å². The first-order chi connectivity index (χ1) is 47.0. The summed E-state index contributed by atoms with van der Waals surface area (Å²) in [6.07, 6.45) is 40.2. The molecule has 17 aliphatic carbocycles. The summed E-state index contributed by atoms with van der Waals surface area (Å²) in [4.78, 5) is 63.0. The SMILES string of the molecule is CCC(C)(C)C(=O)OC1(C(C)C)C2CC3CC(C2)CC1C3.CCC(C)(C)C(=O)OC1(CC)C2CC3CC(C2)CC1C3.CCC(C)(C)C(=O)OC1(CC)CC2CC1C1C3CCC(C3)C21.CCC(C)(C)C(=O)OC1(CC)CC2CC1C1CCCC21.CCC(C)(C)C(=O)OC1(CC)CC2CCC1C2. The van der Waals surface area contributed by atoms with Crippen LogP contribution in [0.3, 0.4) is 0 Å². The molecule has 10 nitrogen and oxygen atoms in total. The summed E-state index contributed by atoms with van der Waals surface area (Å²) in [6.45, 7) is 44.0. The van der Waals surface area contributed by atoms with Crippen LogP contribution >= 0.6 is 0 Å². The summed E-state index contributed by atoms with van der Waals surface area (Å²) in [7, 11) is 0. The van der Waals surface area contributed by atoms with E-state index < -0.39 is 0 Å². The van der Waals surface area contributed by atoms with E-state index >= 15 is 0 Å². The van der Waals surface area contributed by atoms with Gasteiger partial charge in [-0.2, -0.15) is 0 Å². The molecule has 0 radical (unpaired) electrons. The minimum Gasteiger partial charge on any atom is -0.458 e. The molecule has 15 atom stereocenters. The maximum Gasteiger partial charge on any atom is 0.312 e. The van der Waals surface area contributed by atoms with Crippen molar-refractivity contribution in [1.29, 1.82) is 0 Å². The monoisotopic (exact) mass is 1390 g/mol. The Morgan fingerprint density at radius 1 is 0.330 bits per heavy atom. The van der Waals surface area contributed by atoms with Gasteiger partial charge in [-0.3, -0.25) is 24.0 Å². The second kappa shape index (κ2) is 29.2. The van der Waals surface area contributed by atoms with Gasteiger partial charge in [0.15, 0.2) is 0 Å². The number of ether oxygens (including phenoxy) is 5. The quantitative estimate of drug-likeness (QED) is 0.0659. The number of carbonyl (C=O) groups excluding carboxylic acids is 5. The molecule has 0 saturated heterocycles. The Hall–Kier alpha value is -2.65. The molecule has 15 unspecified atom stereocenters. The highest BCUT2D eigenvalue weighted by Gasteiger charge is 2.69. The van der Waals surface area contributed by atoms with Crippen LogP contribution in [-0.4, -0.2) is 57.9 Å². The van der Waals surface area contributed by atoms with E-state index in [-0.39, 0.29) is 84.9 Å². The average Bonchev–Trinajstić information content (AvgIpc) is 1.42. The minimum atomic E-state index is -0.351. The van der Waals surface area contributed by atoms with Crippen LogP contribution in [0.2, 0.25) is 0 Å². The fraction of sp³-hybridized carbons (Fsp3) is 0.944. The standard InChI is InChI=1S/C20H32O2.C19H32O2.2C18H30O2.C15H26O2/c1-5-19(3,4)18(21)22-20(6-2)11-14-10-15(20)17-13-8-7-12(9-13)16(14)17;1-6-18(4,5)17(20)21-19(12(2)3)15-8-13-7-14(10-15)11-16(19)9-13;1-5-17(3,4)16(19)20-18(6-2)14-8-12-7-13(10-14)11-15(18)9-12;1-5-17(3,4)16(19)20-18(6-2)11-12-10-15(18)14-9-7-8-13(12)14;1-5-14(3,4)13(16)17-15(6-2)10-11-7-8-12(15)9-11/h12-17H,5-11H2,1-4H3;12-16H,6-11H2,1-5H3;2*12-15H,5-11H2,1-4H3;11-12H,5-10H2,1-4H3. The number of esters is 5. The Kier molecular flexibility index (Phi) is 22.9. The van der Waals surface area contributed by atoms with Crippen molar-refractivity contribution >= 4 is 29.8 Å². The van der Waals surface area contributed by atoms with Gasteiger partial charge in [0, 0.05) is 11.8 Å². The molecular weight excluding hydrogens is 1240 g/mol. The predicted molar refractivity (Wildman–Crippen MR) is 401 cm³/mol. The van der Waals surface area contributed by atoms with Gasteiger partial charge in [-0.25, -0.2) is 0 Å². The molecule has 0 amide bonds. The Morgan fingerprint density at radius 2 is 0.710 bits per heavy atom. The van der Waals surface area contributed by atoms with Gasteiger partial charge < -0.3 is 23.7 Å². The summed E-state index contributed by atoms with van der Waals surface area (Å²) in [6, 6.07) is 0. The highest BCUT2D eigenvalue weighted by molar-refractivity contribution is 5.78. The lowest BCUT2D eigenvalue weighted by Crippen LogP contribution is -2.63. The highest BCUT2D eigenvalue weighted by Crippen LogP contribution is 2.72. The first-order valence-electron chi connectivity index (χ1n) is 43.2. The second-order valence-corrected chi connectivity index (χ2v) is 41.3. The van der Waals surface area contributed by atoms with Crippen molar-refractivity contribution in [2.45, 2.75) is 385 Å². The van der Waals surface area contributed by atoms with E-state index in [1.165, 1.54) is 135 Å². The number of fused-ring (bicyclic) bond motifs is 16. The number of carbonyl (C=O) groups is 5. The molecule has 0 heterocycles. The molecular formula is C90H150O10.